The minimum absolute atomic E-state index is 0.307. The van der Waals surface area contributed by atoms with Crippen LogP contribution in [0.2, 0.25) is 0 Å². The number of halogens is 1. The fourth-order valence-corrected chi connectivity index (χ4v) is 4.44. The van der Waals surface area contributed by atoms with E-state index in [9.17, 15) is 8.42 Å². The van der Waals surface area contributed by atoms with Crippen LogP contribution in [-0.4, -0.2) is 8.42 Å². The first kappa shape index (κ1) is 15.0. The molecule has 2 nitrogen and oxygen atoms in total. The highest BCUT2D eigenvalue weighted by atomic mass is 79.9. The molecule has 0 N–H and O–H groups in total. The van der Waals surface area contributed by atoms with Gasteiger partial charge in [-0.3, -0.25) is 0 Å². The van der Waals surface area contributed by atoms with Crippen molar-refractivity contribution < 1.29 is 8.42 Å². The zero-order valence-electron chi connectivity index (χ0n) is 10.9. The van der Waals surface area contributed by atoms with Crippen LogP contribution in [0.25, 0.3) is 0 Å². The summed E-state index contributed by atoms with van der Waals surface area (Å²) in [5.74, 6) is 0. The molecule has 0 radical (unpaired) electrons. The number of benzene rings is 2. The molecule has 0 aliphatic rings. The van der Waals surface area contributed by atoms with Crippen molar-refractivity contribution in [1.82, 2.24) is 0 Å². The Kier molecular flexibility index (Phi) is 4.78. The molecule has 0 bridgehead atoms. The summed E-state index contributed by atoms with van der Waals surface area (Å²) in [6.07, 6.45) is 3.40. The Hall–Kier alpha value is -1.39. The van der Waals surface area contributed by atoms with Crippen molar-refractivity contribution in [2.45, 2.75) is 22.6 Å². The van der Waals surface area contributed by atoms with Gasteiger partial charge in [-0.05, 0) is 52.5 Å². The minimum Gasteiger partial charge on any atom is -0.218 e. The van der Waals surface area contributed by atoms with Crippen molar-refractivity contribution in [1.29, 1.82) is 0 Å². The molecule has 2 rings (SSSR count). The van der Waals surface area contributed by atoms with Crippen LogP contribution in [0, 0.1) is 0 Å². The molecule has 0 unspecified atom stereocenters. The molecule has 0 spiro atoms. The summed E-state index contributed by atoms with van der Waals surface area (Å²) >= 11 is 3.43. The highest BCUT2D eigenvalue weighted by molar-refractivity contribution is 9.10. The Labute approximate surface area is 128 Å². The van der Waals surface area contributed by atoms with Crippen LogP contribution < -0.4 is 0 Å². The number of hydrogen-bond donors (Lipinski definition) is 0. The van der Waals surface area contributed by atoms with E-state index in [1.807, 2.05) is 12.1 Å². The Bertz CT molecular complexity index is 707. The van der Waals surface area contributed by atoms with Gasteiger partial charge in [0.15, 0.2) is 0 Å². The van der Waals surface area contributed by atoms with Crippen LogP contribution in [0.5, 0.6) is 0 Å². The summed E-state index contributed by atoms with van der Waals surface area (Å²) in [6.45, 7) is 3.69. The molecular formula is C16H15BrO2S. The van der Waals surface area contributed by atoms with E-state index in [0.717, 1.165) is 18.4 Å². The van der Waals surface area contributed by atoms with E-state index >= 15 is 0 Å². The third kappa shape index (κ3) is 3.02. The third-order valence-corrected chi connectivity index (χ3v) is 6.01. The number of sulfone groups is 1. The minimum atomic E-state index is -3.49. The van der Waals surface area contributed by atoms with E-state index in [2.05, 4.69) is 22.5 Å². The average Bonchev–Trinajstić information content (AvgIpc) is 2.47. The van der Waals surface area contributed by atoms with Crippen molar-refractivity contribution >= 4 is 25.8 Å². The summed E-state index contributed by atoms with van der Waals surface area (Å²) in [4.78, 5) is 0.617. The van der Waals surface area contributed by atoms with Gasteiger partial charge in [-0.15, -0.1) is 6.58 Å². The van der Waals surface area contributed by atoms with Crippen molar-refractivity contribution in [2.24, 2.45) is 0 Å². The Morgan fingerprint density at radius 2 is 1.75 bits per heavy atom. The summed E-state index contributed by atoms with van der Waals surface area (Å²) in [6, 6.07) is 13.8. The molecule has 2 aromatic carbocycles. The lowest BCUT2D eigenvalue weighted by molar-refractivity contribution is 0.595. The van der Waals surface area contributed by atoms with E-state index in [4.69, 9.17) is 0 Å². The van der Waals surface area contributed by atoms with E-state index in [0.29, 0.717) is 14.3 Å². The number of rotatable bonds is 5. The second kappa shape index (κ2) is 6.37. The lowest BCUT2D eigenvalue weighted by Crippen LogP contribution is -2.04. The van der Waals surface area contributed by atoms with Crippen LogP contribution in [-0.2, 0) is 16.3 Å². The zero-order valence-corrected chi connectivity index (χ0v) is 13.3. The molecule has 0 atom stereocenters. The van der Waals surface area contributed by atoms with Gasteiger partial charge >= 0.3 is 0 Å². The molecule has 0 aromatic heterocycles. The van der Waals surface area contributed by atoms with Gasteiger partial charge in [0.05, 0.1) is 9.79 Å². The van der Waals surface area contributed by atoms with Gasteiger partial charge in [0.2, 0.25) is 9.84 Å². The first-order valence-corrected chi connectivity index (χ1v) is 8.53. The normalized spacial score (nSPS) is 11.2. The monoisotopic (exact) mass is 350 g/mol. The predicted molar refractivity (Wildman–Crippen MR) is 84.6 cm³/mol. The fraction of sp³-hybridized carbons (Fsp3) is 0.125. The Morgan fingerprint density at radius 1 is 1.05 bits per heavy atom. The molecule has 0 fully saturated rings. The van der Waals surface area contributed by atoms with Gasteiger partial charge in [-0.2, -0.15) is 0 Å². The smallest absolute Gasteiger partial charge is 0.207 e. The predicted octanol–water partition coefficient (Wildman–Crippen LogP) is 4.40. The molecule has 2 aromatic rings. The number of hydrogen-bond acceptors (Lipinski definition) is 2. The van der Waals surface area contributed by atoms with Gasteiger partial charge in [0.1, 0.15) is 0 Å². The van der Waals surface area contributed by atoms with E-state index < -0.39 is 9.84 Å². The molecule has 0 amide bonds. The summed E-state index contributed by atoms with van der Waals surface area (Å²) in [7, 11) is -3.49. The molecule has 104 valence electrons. The largest absolute Gasteiger partial charge is 0.218 e. The number of allylic oxidation sites excluding steroid dienone is 1. The fourth-order valence-electron chi connectivity index (χ4n) is 1.94. The van der Waals surface area contributed by atoms with Crippen molar-refractivity contribution in [3.05, 3.63) is 71.2 Å². The molecule has 20 heavy (non-hydrogen) atoms. The first-order valence-electron chi connectivity index (χ1n) is 6.26. The SMILES string of the molecule is C=CCCc1cccc(S(=O)(=O)c2ccccc2)c1Br. The van der Waals surface area contributed by atoms with E-state index in [-0.39, 0.29) is 0 Å². The quantitative estimate of drug-likeness (QED) is 0.749. The maximum atomic E-state index is 12.6. The topological polar surface area (TPSA) is 34.1 Å². The molecule has 0 saturated carbocycles. The molecule has 0 saturated heterocycles. The lowest BCUT2D eigenvalue weighted by Gasteiger charge is -2.10. The van der Waals surface area contributed by atoms with Gasteiger partial charge in [0, 0.05) is 4.47 Å². The molecule has 0 heterocycles. The molecule has 0 aliphatic carbocycles. The van der Waals surface area contributed by atoms with Crippen LogP contribution in [0.3, 0.4) is 0 Å². The second-order valence-corrected chi connectivity index (χ2v) is 7.08. The van der Waals surface area contributed by atoms with E-state index in [1.54, 1.807) is 42.5 Å². The maximum absolute atomic E-state index is 12.6. The Morgan fingerprint density at radius 3 is 2.40 bits per heavy atom. The third-order valence-electron chi connectivity index (χ3n) is 3.00. The van der Waals surface area contributed by atoms with Crippen LogP contribution in [0.4, 0.5) is 0 Å². The maximum Gasteiger partial charge on any atom is 0.207 e. The number of aryl methyl sites for hydroxylation is 1. The lowest BCUT2D eigenvalue weighted by atomic mass is 10.1. The second-order valence-electron chi connectivity index (χ2n) is 4.37. The van der Waals surface area contributed by atoms with Gasteiger partial charge < -0.3 is 0 Å². The summed E-state index contributed by atoms with van der Waals surface area (Å²) < 4.78 is 25.9. The standard InChI is InChI=1S/C16H15BrO2S/c1-2-3-8-13-9-7-12-15(16(13)17)20(18,19)14-10-5-4-6-11-14/h2,4-7,9-12H,1,3,8H2. The first-order chi connectivity index (χ1) is 9.57. The van der Waals surface area contributed by atoms with Crippen LogP contribution in [0.1, 0.15) is 12.0 Å². The van der Waals surface area contributed by atoms with Crippen molar-refractivity contribution in [2.75, 3.05) is 0 Å². The molecule has 4 heteroatoms. The van der Waals surface area contributed by atoms with Gasteiger partial charge in [-0.1, -0.05) is 36.4 Å². The van der Waals surface area contributed by atoms with Gasteiger partial charge in [-0.25, -0.2) is 8.42 Å². The Balaban J connectivity index is 2.50. The molecular weight excluding hydrogens is 336 g/mol. The molecule has 0 aliphatic heterocycles. The van der Waals surface area contributed by atoms with E-state index in [1.165, 1.54) is 0 Å². The summed E-state index contributed by atoms with van der Waals surface area (Å²) in [5.41, 5.74) is 0.974. The van der Waals surface area contributed by atoms with Crippen molar-refractivity contribution in [3.8, 4) is 0 Å². The summed E-state index contributed by atoms with van der Waals surface area (Å²) in [5, 5.41) is 0. The highest BCUT2D eigenvalue weighted by Gasteiger charge is 2.21. The zero-order chi connectivity index (χ0) is 14.6. The van der Waals surface area contributed by atoms with Crippen molar-refractivity contribution in [3.63, 3.8) is 0 Å². The van der Waals surface area contributed by atoms with Crippen LogP contribution >= 0.6 is 15.9 Å². The van der Waals surface area contributed by atoms with Crippen LogP contribution in [0.15, 0.2) is 75.4 Å². The average molecular weight is 351 g/mol. The van der Waals surface area contributed by atoms with Gasteiger partial charge in [0.25, 0.3) is 0 Å². The highest BCUT2D eigenvalue weighted by Crippen LogP contribution is 2.31.